The lowest BCUT2D eigenvalue weighted by atomic mass is 10.2. The van der Waals surface area contributed by atoms with Crippen molar-refractivity contribution in [3.8, 4) is 0 Å². The van der Waals surface area contributed by atoms with Crippen LogP contribution in [-0.2, 0) is 14.6 Å². The fourth-order valence-electron chi connectivity index (χ4n) is 2.40. The lowest BCUT2D eigenvalue weighted by molar-refractivity contribution is 0.0659. The Balaban J connectivity index is 1.83. The van der Waals surface area contributed by atoms with Crippen LogP contribution in [0.5, 0.6) is 0 Å². The Hall–Kier alpha value is -1.27. The zero-order valence-corrected chi connectivity index (χ0v) is 12.6. The van der Waals surface area contributed by atoms with Crippen LogP contribution in [0.1, 0.15) is 25.7 Å². The molecule has 0 saturated heterocycles. The Kier molecular flexibility index (Phi) is 4.88. The Bertz CT molecular complexity index is 552. The molecule has 0 radical (unpaired) electrons. The molecule has 0 aromatic heterocycles. The summed E-state index contributed by atoms with van der Waals surface area (Å²) in [6.07, 6.45) is 6.42. The van der Waals surface area contributed by atoms with E-state index in [-0.39, 0.29) is 4.90 Å². The number of nitrogen functional groups attached to an aromatic ring is 1. The van der Waals surface area contributed by atoms with E-state index >= 15 is 0 Å². The number of hydrogen-bond acceptors (Lipinski definition) is 5. The van der Waals surface area contributed by atoms with E-state index in [9.17, 15) is 8.42 Å². The van der Waals surface area contributed by atoms with Gasteiger partial charge in [0.25, 0.3) is 0 Å². The Morgan fingerprint density at radius 3 is 2.65 bits per heavy atom. The molecule has 0 heterocycles. The van der Waals surface area contributed by atoms with Crippen LogP contribution in [0.3, 0.4) is 0 Å². The molecule has 20 heavy (non-hydrogen) atoms. The maximum atomic E-state index is 11.4. The first-order valence-electron chi connectivity index (χ1n) is 6.92. The van der Waals surface area contributed by atoms with Crippen molar-refractivity contribution in [2.45, 2.75) is 36.7 Å². The van der Waals surface area contributed by atoms with E-state index in [4.69, 9.17) is 10.5 Å². The lowest BCUT2D eigenvalue weighted by Gasteiger charge is -2.13. The van der Waals surface area contributed by atoms with Crippen LogP contribution in [0.25, 0.3) is 0 Å². The SMILES string of the molecule is CS(=O)(=O)c1ccc(NCCOC2CCCC2)c(N)c1. The van der Waals surface area contributed by atoms with E-state index in [1.807, 2.05) is 0 Å². The quantitative estimate of drug-likeness (QED) is 0.620. The highest BCUT2D eigenvalue weighted by atomic mass is 32.2. The summed E-state index contributed by atoms with van der Waals surface area (Å²) < 4.78 is 28.6. The average Bonchev–Trinajstić information content (AvgIpc) is 2.88. The van der Waals surface area contributed by atoms with Crippen molar-refractivity contribution >= 4 is 21.2 Å². The standard InChI is InChI=1S/C14H22N2O3S/c1-20(17,18)12-6-7-14(13(15)10-12)16-8-9-19-11-4-2-3-5-11/h6-7,10-11,16H,2-5,8-9,15H2,1H3. The molecule has 3 N–H and O–H groups in total. The highest BCUT2D eigenvalue weighted by molar-refractivity contribution is 7.90. The van der Waals surface area contributed by atoms with Gasteiger partial charge in [-0.15, -0.1) is 0 Å². The molecule has 1 aromatic carbocycles. The van der Waals surface area contributed by atoms with Gasteiger partial charge < -0.3 is 15.8 Å². The van der Waals surface area contributed by atoms with Crippen molar-refractivity contribution in [3.63, 3.8) is 0 Å². The number of ether oxygens (including phenoxy) is 1. The first kappa shape index (κ1) is 15.1. The molecule has 6 heteroatoms. The van der Waals surface area contributed by atoms with Gasteiger partial charge in [-0.05, 0) is 31.0 Å². The minimum Gasteiger partial charge on any atom is -0.397 e. The smallest absolute Gasteiger partial charge is 0.175 e. The summed E-state index contributed by atoms with van der Waals surface area (Å²) in [6.45, 7) is 1.30. The fraction of sp³-hybridized carbons (Fsp3) is 0.571. The molecule has 5 nitrogen and oxygen atoms in total. The third kappa shape index (κ3) is 4.11. The summed E-state index contributed by atoms with van der Waals surface area (Å²) in [5.74, 6) is 0. The van der Waals surface area contributed by atoms with Crippen molar-refractivity contribution in [3.05, 3.63) is 18.2 Å². The van der Waals surface area contributed by atoms with Crippen molar-refractivity contribution in [1.29, 1.82) is 0 Å². The predicted octanol–water partition coefficient (Wildman–Crippen LogP) is 2.04. The van der Waals surface area contributed by atoms with Crippen molar-refractivity contribution in [2.24, 2.45) is 0 Å². The van der Waals surface area contributed by atoms with Crippen LogP contribution < -0.4 is 11.1 Å². The fourth-order valence-corrected chi connectivity index (χ4v) is 3.06. The van der Waals surface area contributed by atoms with Crippen LogP contribution in [0.15, 0.2) is 23.1 Å². The summed E-state index contributed by atoms with van der Waals surface area (Å²) >= 11 is 0. The maximum absolute atomic E-state index is 11.4. The van der Waals surface area contributed by atoms with Crippen molar-refractivity contribution in [1.82, 2.24) is 0 Å². The van der Waals surface area contributed by atoms with Crippen LogP contribution in [0.4, 0.5) is 11.4 Å². The summed E-state index contributed by atoms with van der Waals surface area (Å²) in [5.41, 5.74) is 7.04. The summed E-state index contributed by atoms with van der Waals surface area (Å²) in [6, 6.07) is 4.74. The molecule has 0 bridgehead atoms. The third-order valence-corrected chi connectivity index (χ3v) is 4.63. The highest BCUT2D eigenvalue weighted by Crippen LogP contribution is 2.23. The van der Waals surface area contributed by atoms with Gasteiger partial charge in [-0.1, -0.05) is 12.8 Å². The molecule has 112 valence electrons. The van der Waals surface area contributed by atoms with E-state index in [1.54, 1.807) is 12.1 Å². The monoisotopic (exact) mass is 298 g/mol. The predicted molar refractivity (Wildman–Crippen MR) is 80.7 cm³/mol. The molecule has 0 spiro atoms. The zero-order chi connectivity index (χ0) is 14.6. The minimum absolute atomic E-state index is 0.239. The average molecular weight is 298 g/mol. The minimum atomic E-state index is -3.21. The second kappa shape index (κ2) is 6.45. The summed E-state index contributed by atoms with van der Waals surface area (Å²) in [4.78, 5) is 0.239. The molecule has 0 aliphatic heterocycles. The molecule has 0 unspecified atom stereocenters. The normalized spacial score (nSPS) is 16.4. The third-order valence-electron chi connectivity index (χ3n) is 3.52. The number of nitrogens with one attached hydrogen (secondary N) is 1. The number of rotatable bonds is 6. The van der Waals surface area contributed by atoms with Crippen molar-refractivity contribution < 1.29 is 13.2 Å². The van der Waals surface area contributed by atoms with Gasteiger partial charge in [0, 0.05) is 12.8 Å². The van der Waals surface area contributed by atoms with Crippen LogP contribution in [-0.4, -0.2) is 33.9 Å². The second-order valence-corrected chi connectivity index (χ2v) is 7.24. The Morgan fingerprint density at radius 2 is 2.05 bits per heavy atom. The lowest BCUT2D eigenvalue weighted by Crippen LogP contribution is -2.16. The molecule has 1 saturated carbocycles. The number of hydrogen-bond donors (Lipinski definition) is 2. The van der Waals surface area contributed by atoms with E-state index in [0.29, 0.717) is 24.9 Å². The van der Waals surface area contributed by atoms with E-state index in [2.05, 4.69) is 5.32 Å². The molecular formula is C14H22N2O3S. The Morgan fingerprint density at radius 1 is 1.35 bits per heavy atom. The van der Waals surface area contributed by atoms with Crippen molar-refractivity contribution in [2.75, 3.05) is 30.5 Å². The van der Waals surface area contributed by atoms with Gasteiger partial charge in [-0.2, -0.15) is 0 Å². The number of nitrogens with two attached hydrogens (primary N) is 1. The van der Waals surface area contributed by atoms with E-state index < -0.39 is 9.84 Å². The topological polar surface area (TPSA) is 81.4 Å². The van der Waals surface area contributed by atoms with Crippen LogP contribution in [0, 0.1) is 0 Å². The first-order chi connectivity index (χ1) is 9.47. The number of anilines is 2. The molecule has 2 rings (SSSR count). The molecular weight excluding hydrogens is 276 g/mol. The molecule has 1 aliphatic carbocycles. The van der Waals surface area contributed by atoms with Gasteiger partial charge in [0.1, 0.15) is 0 Å². The van der Waals surface area contributed by atoms with Gasteiger partial charge >= 0.3 is 0 Å². The number of benzene rings is 1. The van der Waals surface area contributed by atoms with Gasteiger partial charge in [0.15, 0.2) is 9.84 Å². The van der Waals surface area contributed by atoms with Crippen LogP contribution >= 0.6 is 0 Å². The van der Waals surface area contributed by atoms with E-state index in [0.717, 1.165) is 18.5 Å². The van der Waals surface area contributed by atoms with Gasteiger partial charge in [-0.25, -0.2) is 8.42 Å². The van der Waals surface area contributed by atoms with Crippen LogP contribution in [0.2, 0.25) is 0 Å². The first-order valence-corrected chi connectivity index (χ1v) is 8.81. The molecule has 1 aliphatic rings. The Labute approximate surface area is 120 Å². The van der Waals surface area contributed by atoms with Gasteiger partial charge in [-0.3, -0.25) is 0 Å². The van der Waals surface area contributed by atoms with Gasteiger partial charge in [0.2, 0.25) is 0 Å². The zero-order valence-electron chi connectivity index (χ0n) is 11.8. The summed E-state index contributed by atoms with van der Waals surface area (Å²) in [7, 11) is -3.21. The largest absolute Gasteiger partial charge is 0.397 e. The van der Waals surface area contributed by atoms with Gasteiger partial charge in [0.05, 0.1) is 29.0 Å². The maximum Gasteiger partial charge on any atom is 0.175 e. The molecule has 1 fully saturated rings. The second-order valence-electron chi connectivity index (χ2n) is 5.23. The number of sulfone groups is 1. The molecule has 1 aromatic rings. The van der Waals surface area contributed by atoms with E-state index in [1.165, 1.54) is 25.2 Å². The summed E-state index contributed by atoms with van der Waals surface area (Å²) in [5, 5.41) is 3.17. The molecule has 0 amide bonds. The molecule has 0 atom stereocenters. The highest BCUT2D eigenvalue weighted by Gasteiger charge is 2.14.